The number of pyridine rings is 1. The third-order valence-corrected chi connectivity index (χ3v) is 3.07. The smallest absolute Gasteiger partial charge is 0.226 e. The zero-order valence-corrected chi connectivity index (χ0v) is 11.1. The van der Waals surface area contributed by atoms with Gasteiger partial charge < -0.3 is 21.3 Å². The number of phenols is 1. The Bertz CT molecular complexity index is 740. The molecule has 0 unspecified atom stereocenters. The summed E-state index contributed by atoms with van der Waals surface area (Å²) in [7, 11) is 0. The van der Waals surface area contributed by atoms with Crippen LogP contribution in [0.5, 0.6) is 17.4 Å². The van der Waals surface area contributed by atoms with Crippen LogP contribution < -0.4 is 16.2 Å². The minimum atomic E-state index is 0. The molecule has 2 heterocycles. The molecule has 20 heavy (non-hydrogen) atoms. The molecule has 1 aromatic carbocycles. The van der Waals surface area contributed by atoms with E-state index in [1.165, 1.54) is 6.07 Å². The lowest BCUT2D eigenvalue weighted by Crippen LogP contribution is -2.11. The minimum Gasteiger partial charge on any atom is -0.508 e. The van der Waals surface area contributed by atoms with E-state index < -0.39 is 0 Å². The molecular weight excluding hydrogens is 280 g/mol. The topological polar surface area (TPSA) is 118 Å². The highest BCUT2D eigenvalue weighted by molar-refractivity contribution is 5.85. The molecule has 0 spiro atoms. The molecule has 0 bridgehead atoms. The molecule has 0 saturated carbocycles. The fraction of sp³-hybridized carbons (Fsp3) is 0.0769. The molecule has 2 aromatic rings. The van der Waals surface area contributed by atoms with Gasteiger partial charge in [-0.2, -0.15) is 10.2 Å². The quantitative estimate of drug-likeness (QED) is 0.582. The van der Waals surface area contributed by atoms with E-state index in [0.29, 0.717) is 23.4 Å². The van der Waals surface area contributed by atoms with E-state index >= 15 is 0 Å². The second-order valence-corrected chi connectivity index (χ2v) is 4.25. The van der Waals surface area contributed by atoms with Crippen LogP contribution in [0.25, 0.3) is 0 Å². The number of nitrogens with zero attached hydrogens (tertiary/aromatic N) is 2. The van der Waals surface area contributed by atoms with Crippen LogP contribution in [0.4, 0.5) is 11.5 Å². The summed E-state index contributed by atoms with van der Waals surface area (Å²) >= 11 is 0. The lowest BCUT2D eigenvalue weighted by molar-refractivity contribution is 0.430. The molecule has 0 atom stereocenters. The number of nitrogens with two attached hydrogens (primary N) is 2. The van der Waals surface area contributed by atoms with Crippen molar-refractivity contribution in [3.8, 4) is 23.4 Å². The van der Waals surface area contributed by atoms with Crippen LogP contribution in [-0.2, 0) is 6.42 Å². The van der Waals surface area contributed by atoms with E-state index in [9.17, 15) is 5.11 Å². The summed E-state index contributed by atoms with van der Waals surface area (Å²) in [6.07, 6.45) is 0.485. The summed E-state index contributed by atoms with van der Waals surface area (Å²) in [4.78, 5) is 4.05. The van der Waals surface area contributed by atoms with Gasteiger partial charge in [0.1, 0.15) is 28.9 Å². The number of halogens is 1. The Morgan fingerprint density at radius 2 is 2.10 bits per heavy atom. The Morgan fingerprint density at radius 1 is 1.35 bits per heavy atom. The summed E-state index contributed by atoms with van der Waals surface area (Å²) in [6.45, 7) is 0. The first-order valence-corrected chi connectivity index (χ1v) is 5.58. The summed E-state index contributed by atoms with van der Waals surface area (Å²) in [6, 6.07) is 6.76. The fourth-order valence-electron chi connectivity index (χ4n) is 2.09. The average Bonchev–Trinajstić information content (AvgIpc) is 2.37. The summed E-state index contributed by atoms with van der Waals surface area (Å²) < 4.78 is 5.58. The number of aromatic nitrogens is 1. The van der Waals surface area contributed by atoms with Crippen molar-refractivity contribution in [2.45, 2.75) is 6.42 Å². The Morgan fingerprint density at radius 3 is 2.80 bits per heavy atom. The van der Waals surface area contributed by atoms with Crippen molar-refractivity contribution in [2.24, 2.45) is 0 Å². The number of benzene rings is 1. The van der Waals surface area contributed by atoms with Crippen molar-refractivity contribution >= 4 is 23.9 Å². The summed E-state index contributed by atoms with van der Waals surface area (Å²) in [5.41, 5.74) is 13.6. The third kappa shape index (κ3) is 1.94. The molecule has 5 N–H and O–H groups in total. The van der Waals surface area contributed by atoms with Crippen LogP contribution in [0, 0.1) is 11.3 Å². The number of hydrogen-bond donors (Lipinski definition) is 3. The van der Waals surface area contributed by atoms with Crippen LogP contribution in [0.15, 0.2) is 18.2 Å². The van der Waals surface area contributed by atoms with E-state index in [1.807, 2.05) is 6.07 Å². The Kier molecular flexibility index (Phi) is 3.30. The molecule has 102 valence electrons. The van der Waals surface area contributed by atoms with Crippen molar-refractivity contribution < 1.29 is 9.84 Å². The van der Waals surface area contributed by atoms with E-state index in [2.05, 4.69) is 4.98 Å². The first-order chi connectivity index (χ1) is 9.10. The molecule has 7 heteroatoms. The largest absolute Gasteiger partial charge is 0.508 e. The lowest BCUT2D eigenvalue weighted by Gasteiger charge is -2.21. The standard InChI is InChI=1S/C13H10N4O2.ClH/c14-5-9-11(15)8-3-6-1-2-7(18)4-10(6)19-13(8)17-12(9)16;/h1-2,4,18H,3H2,(H4,15,16,17);1H. The normalized spacial score (nSPS) is 11.3. The minimum absolute atomic E-state index is 0. The number of anilines is 2. The van der Waals surface area contributed by atoms with Crippen molar-refractivity contribution in [3.05, 3.63) is 34.9 Å². The highest BCUT2D eigenvalue weighted by atomic mass is 35.5. The van der Waals surface area contributed by atoms with Gasteiger partial charge in [0, 0.05) is 18.1 Å². The molecule has 0 amide bonds. The Hall–Kier alpha value is -2.65. The highest BCUT2D eigenvalue weighted by Crippen LogP contribution is 2.41. The molecule has 1 aromatic heterocycles. The van der Waals surface area contributed by atoms with Gasteiger partial charge in [-0.1, -0.05) is 6.07 Å². The number of aromatic hydroxyl groups is 1. The van der Waals surface area contributed by atoms with E-state index in [0.717, 1.165) is 5.56 Å². The summed E-state index contributed by atoms with van der Waals surface area (Å²) in [5, 5.41) is 18.4. The van der Waals surface area contributed by atoms with Gasteiger partial charge in [0.2, 0.25) is 5.88 Å². The monoisotopic (exact) mass is 290 g/mol. The third-order valence-electron chi connectivity index (χ3n) is 3.07. The zero-order chi connectivity index (χ0) is 13.6. The van der Waals surface area contributed by atoms with Crippen LogP contribution in [-0.4, -0.2) is 10.1 Å². The zero-order valence-electron chi connectivity index (χ0n) is 10.3. The van der Waals surface area contributed by atoms with Crippen molar-refractivity contribution in [2.75, 3.05) is 11.5 Å². The van der Waals surface area contributed by atoms with Crippen molar-refractivity contribution in [3.63, 3.8) is 0 Å². The van der Waals surface area contributed by atoms with Gasteiger partial charge in [0.15, 0.2) is 0 Å². The number of hydrogen-bond acceptors (Lipinski definition) is 6. The molecule has 0 radical (unpaired) electrons. The fourth-order valence-corrected chi connectivity index (χ4v) is 2.09. The SMILES string of the molecule is Cl.N#Cc1c(N)nc2c(c1N)Cc1ccc(O)cc1O2. The average molecular weight is 291 g/mol. The maximum absolute atomic E-state index is 9.43. The summed E-state index contributed by atoms with van der Waals surface area (Å²) in [5.74, 6) is 0.953. The van der Waals surface area contributed by atoms with E-state index in [1.54, 1.807) is 12.1 Å². The maximum Gasteiger partial charge on any atom is 0.226 e. The molecular formula is C13H11ClN4O2. The first kappa shape index (κ1) is 13.8. The molecule has 6 nitrogen and oxygen atoms in total. The van der Waals surface area contributed by atoms with Gasteiger partial charge >= 0.3 is 0 Å². The highest BCUT2D eigenvalue weighted by Gasteiger charge is 2.24. The number of nitrogen functional groups attached to an aromatic ring is 2. The maximum atomic E-state index is 9.43. The Labute approximate surface area is 121 Å². The van der Waals surface area contributed by atoms with Gasteiger partial charge in [0.05, 0.1) is 5.69 Å². The second kappa shape index (κ2) is 4.79. The molecule has 3 rings (SSSR count). The molecule has 1 aliphatic heterocycles. The van der Waals surface area contributed by atoms with Gasteiger partial charge in [-0.05, 0) is 11.6 Å². The molecule has 0 aliphatic carbocycles. The van der Waals surface area contributed by atoms with Crippen LogP contribution in [0.3, 0.4) is 0 Å². The van der Waals surface area contributed by atoms with E-state index in [4.69, 9.17) is 21.5 Å². The van der Waals surface area contributed by atoms with Gasteiger partial charge in [-0.3, -0.25) is 0 Å². The van der Waals surface area contributed by atoms with E-state index in [-0.39, 0.29) is 35.4 Å². The van der Waals surface area contributed by atoms with Gasteiger partial charge in [-0.15, -0.1) is 12.4 Å². The second-order valence-electron chi connectivity index (χ2n) is 4.25. The number of fused-ring (bicyclic) bond motifs is 2. The van der Waals surface area contributed by atoms with Crippen molar-refractivity contribution in [1.82, 2.24) is 4.98 Å². The molecule has 1 aliphatic rings. The Balaban J connectivity index is 0.00000147. The van der Waals surface area contributed by atoms with Crippen molar-refractivity contribution in [1.29, 1.82) is 5.26 Å². The van der Waals surface area contributed by atoms with Gasteiger partial charge in [-0.25, -0.2) is 0 Å². The molecule has 0 saturated heterocycles. The number of nitriles is 1. The number of rotatable bonds is 0. The predicted octanol–water partition coefficient (Wildman–Crippen LogP) is 1.94. The predicted molar refractivity (Wildman–Crippen MR) is 76.0 cm³/mol. The van der Waals surface area contributed by atoms with Crippen LogP contribution in [0.2, 0.25) is 0 Å². The molecule has 0 fully saturated rings. The van der Waals surface area contributed by atoms with Gasteiger partial charge in [0.25, 0.3) is 0 Å². The number of ether oxygens (including phenoxy) is 1. The van der Waals surface area contributed by atoms with Crippen LogP contribution in [0.1, 0.15) is 16.7 Å². The number of phenolic OH excluding ortho intramolecular Hbond substituents is 1. The lowest BCUT2D eigenvalue weighted by atomic mass is 9.99. The first-order valence-electron chi connectivity index (χ1n) is 5.58. The van der Waals surface area contributed by atoms with Crippen LogP contribution >= 0.6 is 12.4 Å².